The van der Waals surface area contributed by atoms with E-state index >= 15 is 0 Å². The van der Waals surface area contributed by atoms with E-state index in [1.807, 2.05) is 0 Å². The lowest BCUT2D eigenvalue weighted by molar-refractivity contribution is 0.551. The molecule has 19 heavy (non-hydrogen) atoms. The molecule has 8 heteroatoms. The van der Waals surface area contributed by atoms with Gasteiger partial charge in [-0.15, -0.1) is 0 Å². The third kappa shape index (κ3) is 3.99. The number of benzene rings is 1. The van der Waals surface area contributed by atoms with Crippen LogP contribution >= 0.6 is 0 Å². The molecule has 108 valence electrons. The topological polar surface area (TPSA) is 94.3 Å². The fourth-order valence-corrected chi connectivity index (χ4v) is 4.29. The fourth-order valence-electron chi connectivity index (χ4n) is 1.75. The summed E-state index contributed by atoms with van der Waals surface area (Å²) in [7, 11) is -7.84. The van der Waals surface area contributed by atoms with Gasteiger partial charge in [-0.2, -0.15) is 0 Å². The second kappa shape index (κ2) is 5.18. The van der Waals surface area contributed by atoms with Crippen LogP contribution in [0.4, 0.5) is 4.39 Å². The summed E-state index contributed by atoms with van der Waals surface area (Å²) >= 11 is 0. The lowest BCUT2D eigenvalue weighted by Gasteiger charge is -2.12. The molecule has 0 aliphatic heterocycles. The van der Waals surface area contributed by atoms with Crippen LogP contribution in [0.2, 0.25) is 0 Å². The summed E-state index contributed by atoms with van der Waals surface area (Å²) in [5.74, 6) is -1.07. The van der Waals surface area contributed by atoms with Gasteiger partial charge in [0.25, 0.3) is 0 Å². The van der Waals surface area contributed by atoms with E-state index in [9.17, 15) is 21.2 Å². The molecule has 0 aromatic heterocycles. The van der Waals surface area contributed by atoms with Crippen LogP contribution in [0, 0.1) is 5.82 Å². The SMILES string of the molecule is CC(N)Cc1cc(F)c(S(C)(=O)=O)c(S(C)(=O)=O)c1. The first-order valence-corrected chi connectivity index (χ1v) is 9.19. The van der Waals surface area contributed by atoms with Crippen molar-refractivity contribution in [2.45, 2.75) is 29.2 Å². The van der Waals surface area contributed by atoms with E-state index in [1.54, 1.807) is 6.92 Å². The maximum absolute atomic E-state index is 13.9. The lowest BCUT2D eigenvalue weighted by atomic mass is 10.1. The van der Waals surface area contributed by atoms with Crippen LogP contribution < -0.4 is 5.73 Å². The molecular weight excluding hydrogens is 293 g/mol. The van der Waals surface area contributed by atoms with Gasteiger partial charge >= 0.3 is 0 Å². The van der Waals surface area contributed by atoms with Gasteiger partial charge in [0.05, 0.1) is 4.90 Å². The number of halogens is 1. The zero-order valence-corrected chi connectivity index (χ0v) is 12.5. The Hall–Kier alpha value is -0.990. The highest BCUT2D eigenvalue weighted by molar-refractivity contribution is 7.93. The average Bonchev–Trinajstić information content (AvgIpc) is 2.11. The molecule has 1 aromatic rings. The van der Waals surface area contributed by atoms with Crippen molar-refractivity contribution in [3.63, 3.8) is 0 Å². The molecule has 0 radical (unpaired) electrons. The van der Waals surface area contributed by atoms with E-state index in [1.165, 1.54) is 0 Å². The zero-order valence-electron chi connectivity index (χ0n) is 10.8. The minimum absolute atomic E-state index is 0.253. The molecule has 0 amide bonds. The van der Waals surface area contributed by atoms with E-state index in [-0.39, 0.29) is 12.5 Å². The molecule has 0 aliphatic rings. The Bertz CT molecular complexity index is 694. The standard InChI is InChI=1S/C11H16FNO4S2/c1-7(13)4-8-5-9(12)11(19(3,16)17)10(6-8)18(2,14)15/h5-7H,4,13H2,1-3H3. The van der Waals surface area contributed by atoms with E-state index in [2.05, 4.69) is 0 Å². The summed E-state index contributed by atoms with van der Waals surface area (Å²) in [6.07, 6.45) is 1.86. The molecule has 2 N–H and O–H groups in total. The minimum Gasteiger partial charge on any atom is -0.328 e. The summed E-state index contributed by atoms with van der Waals surface area (Å²) < 4.78 is 60.2. The van der Waals surface area contributed by atoms with Gasteiger partial charge in [0, 0.05) is 18.6 Å². The van der Waals surface area contributed by atoms with Crippen molar-refractivity contribution >= 4 is 19.7 Å². The molecule has 0 saturated carbocycles. The average molecular weight is 309 g/mol. The second-order valence-corrected chi connectivity index (χ2v) is 8.57. The first kappa shape index (κ1) is 16.1. The summed E-state index contributed by atoms with van der Waals surface area (Å²) in [5, 5.41) is 0. The Labute approximate surface area is 112 Å². The first-order chi connectivity index (χ1) is 8.43. The molecule has 1 atom stereocenters. The highest BCUT2D eigenvalue weighted by Gasteiger charge is 2.26. The van der Waals surface area contributed by atoms with Gasteiger partial charge in [0.2, 0.25) is 0 Å². The number of nitrogens with two attached hydrogens (primary N) is 1. The number of sulfone groups is 2. The van der Waals surface area contributed by atoms with E-state index in [0.29, 0.717) is 5.56 Å². The lowest BCUT2D eigenvalue weighted by Crippen LogP contribution is -2.19. The normalized spacial score (nSPS) is 14.4. The Balaban J connectivity index is 3.68. The van der Waals surface area contributed by atoms with Crippen molar-refractivity contribution in [3.05, 3.63) is 23.5 Å². The maximum atomic E-state index is 13.9. The zero-order chi connectivity index (χ0) is 15.0. The Morgan fingerprint density at radius 2 is 1.68 bits per heavy atom. The molecule has 1 aromatic carbocycles. The van der Waals surface area contributed by atoms with Crippen molar-refractivity contribution in [2.24, 2.45) is 5.73 Å². The molecule has 0 aliphatic carbocycles. The Kier molecular flexibility index (Phi) is 4.38. The van der Waals surface area contributed by atoms with Crippen LogP contribution in [-0.2, 0) is 26.1 Å². The monoisotopic (exact) mass is 309 g/mol. The van der Waals surface area contributed by atoms with Crippen LogP contribution in [0.25, 0.3) is 0 Å². The largest absolute Gasteiger partial charge is 0.328 e. The van der Waals surface area contributed by atoms with E-state index < -0.39 is 35.3 Å². The number of hydrogen-bond donors (Lipinski definition) is 1. The van der Waals surface area contributed by atoms with Gasteiger partial charge in [0.1, 0.15) is 10.7 Å². The van der Waals surface area contributed by atoms with Gasteiger partial charge in [-0.05, 0) is 31.0 Å². The molecule has 1 unspecified atom stereocenters. The predicted molar refractivity (Wildman–Crippen MR) is 70.0 cm³/mol. The number of rotatable bonds is 4. The molecule has 0 bridgehead atoms. The van der Waals surface area contributed by atoms with Crippen molar-refractivity contribution in [1.29, 1.82) is 0 Å². The molecule has 0 spiro atoms. The molecule has 5 nitrogen and oxygen atoms in total. The van der Waals surface area contributed by atoms with Crippen LogP contribution in [0.1, 0.15) is 12.5 Å². The van der Waals surface area contributed by atoms with E-state index in [0.717, 1.165) is 24.6 Å². The van der Waals surface area contributed by atoms with Crippen LogP contribution in [0.3, 0.4) is 0 Å². The summed E-state index contributed by atoms with van der Waals surface area (Å²) in [5.41, 5.74) is 5.91. The Morgan fingerprint density at radius 3 is 2.05 bits per heavy atom. The van der Waals surface area contributed by atoms with Gasteiger partial charge < -0.3 is 5.73 Å². The predicted octanol–water partition coefficient (Wildman–Crippen LogP) is 0.522. The van der Waals surface area contributed by atoms with Crippen molar-refractivity contribution in [1.82, 2.24) is 0 Å². The third-order valence-corrected chi connectivity index (χ3v) is 4.80. The van der Waals surface area contributed by atoms with Crippen molar-refractivity contribution in [2.75, 3.05) is 12.5 Å². The van der Waals surface area contributed by atoms with Crippen LogP contribution in [0.15, 0.2) is 21.9 Å². The molecule has 0 saturated heterocycles. The van der Waals surface area contributed by atoms with Gasteiger partial charge in [-0.3, -0.25) is 0 Å². The van der Waals surface area contributed by atoms with Crippen molar-refractivity contribution in [3.8, 4) is 0 Å². The highest BCUT2D eigenvalue weighted by Crippen LogP contribution is 2.26. The molecular formula is C11H16FNO4S2. The van der Waals surface area contributed by atoms with Gasteiger partial charge in [-0.1, -0.05) is 0 Å². The smallest absolute Gasteiger partial charge is 0.179 e. The fraction of sp³-hybridized carbons (Fsp3) is 0.455. The van der Waals surface area contributed by atoms with Crippen LogP contribution in [-0.4, -0.2) is 35.4 Å². The minimum atomic E-state index is -3.98. The molecule has 1 rings (SSSR count). The van der Waals surface area contributed by atoms with Crippen LogP contribution in [0.5, 0.6) is 0 Å². The highest BCUT2D eigenvalue weighted by atomic mass is 32.2. The third-order valence-electron chi connectivity index (χ3n) is 2.40. The quantitative estimate of drug-likeness (QED) is 0.875. The van der Waals surface area contributed by atoms with Crippen molar-refractivity contribution < 1.29 is 21.2 Å². The van der Waals surface area contributed by atoms with Gasteiger partial charge in [-0.25, -0.2) is 21.2 Å². The summed E-state index contributed by atoms with van der Waals surface area (Å²) in [4.78, 5) is -1.31. The Morgan fingerprint density at radius 1 is 1.16 bits per heavy atom. The first-order valence-electron chi connectivity index (χ1n) is 5.41. The summed E-state index contributed by atoms with van der Waals surface area (Å²) in [6.45, 7) is 1.68. The maximum Gasteiger partial charge on any atom is 0.179 e. The summed E-state index contributed by atoms with van der Waals surface area (Å²) in [6, 6.07) is 1.88. The molecule has 0 heterocycles. The molecule has 0 fully saturated rings. The van der Waals surface area contributed by atoms with Gasteiger partial charge in [0.15, 0.2) is 19.7 Å². The second-order valence-electron chi connectivity index (χ2n) is 4.63. The van der Waals surface area contributed by atoms with E-state index in [4.69, 9.17) is 5.73 Å². The number of hydrogen-bond acceptors (Lipinski definition) is 5.